The molecular formula is C16H8ClF3N4O. The highest BCUT2D eigenvalue weighted by Crippen LogP contribution is 2.34. The Bertz CT molecular complexity index is 1090. The van der Waals surface area contributed by atoms with Gasteiger partial charge in [0.15, 0.2) is 5.65 Å². The van der Waals surface area contributed by atoms with Crippen LogP contribution in [0.4, 0.5) is 13.2 Å². The van der Waals surface area contributed by atoms with Gasteiger partial charge < -0.3 is 4.74 Å². The molecule has 0 N–H and O–H groups in total. The number of halogens is 4. The highest BCUT2D eigenvalue weighted by molar-refractivity contribution is 6.35. The summed E-state index contributed by atoms with van der Waals surface area (Å²) in [6.45, 7) is 0. The number of benzene rings is 2. The summed E-state index contributed by atoms with van der Waals surface area (Å²) in [6, 6.07) is 13.3. The molecule has 0 spiro atoms. The van der Waals surface area contributed by atoms with E-state index in [1.165, 1.54) is 12.1 Å². The van der Waals surface area contributed by atoms with E-state index in [1.54, 1.807) is 18.2 Å². The molecule has 5 nitrogen and oxygen atoms in total. The average Bonchev–Trinajstić information content (AvgIpc) is 3.01. The molecule has 2 aromatic heterocycles. The zero-order valence-electron chi connectivity index (χ0n) is 12.3. The van der Waals surface area contributed by atoms with Gasteiger partial charge in [0.25, 0.3) is 5.82 Å². The van der Waals surface area contributed by atoms with Gasteiger partial charge in [0.05, 0.1) is 0 Å². The number of hydrogen-bond acceptors (Lipinski definition) is 4. The Labute approximate surface area is 143 Å². The summed E-state index contributed by atoms with van der Waals surface area (Å²) in [7, 11) is 0. The zero-order chi connectivity index (χ0) is 17.6. The highest BCUT2D eigenvalue weighted by atomic mass is 35.5. The van der Waals surface area contributed by atoms with Crippen molar-refractivity contribution in [3.05, 3.63) is 59.4 Å². The molecular weight excluding hydrogens is 357 g/mol. The first-order valence-electron chi connectivity index (χ1n) is 7.08. The van der Waals surface area contributed by atoms with Gasteiger partial charge in [-0.25, -0.2) is 0 Å². The zero-order valence-corrected chi connectivity index (χ0v) is 13.1. The van der Waals surface area contributed by atoms with Crippen molar-refractivity contribution in [1.29, 1.82) is 0 Å². The van der Waals surface area contributed by atoms with Crippen LogP contribution in [0.2, 0.25) is 5.02 Å². The molecule has 0 radical (unpaired) electrons. The van der Waals surface area contributed by atoms with E-state index < -0.39 is 12.0 Å². The molecule has 4 aromatic rings. The van der Waals surface area contributed by atoms with Crippen molar-refractivity contribution < 1.29 is 17.9 Å². The summed E-state index contributed by atoms with van der Waals surface area (Å²) in [5.41, 5.74) is -0.0272. The van der Waals surface area contributed by atoms with E-state index >= 15 is 0 Å². The Hall–Kier alpha value is -2.87. The van der Waals surface area contributed by atoms with Gasteiger partial charge in [-0.1, -0.05) is 35.9 Å². The van der Waals surface area contributed by atoms with Crippen LogP contribution < -0.4 is 4.74 Å². The van der Waals surface area contributed by atoms with Crippen molar-refractivity contribution >= 4 is 28.0 Å². The lowest BCUT2D eigenvalue weighted by atomic mass is 10.1. The maximum atomic E-state index is 12.9. The molecule has 0 saturated heterocycles. The molecule has 0 saturated carbocycles. The normalized spacial score (nSPS) is 12.0. The molecule has 2 heterocycles. The Balaban J connectivity index is 1.80. The van der Waals surface area contributed by atoms with Crippen molar-refractivity contribution in [2.45, 2.75) is 6.18 Å². The molecule has 2 aromatic carbocycles. The number of alkyl halides is 3. The van der Waals surface area contributed by atoms with Crippen molar-refractivity contribution in [1.82, 2.24) is 19.8 Å². The molecule has 0 fully saturated rings. The molecule has 0 unspecified atom stereocenters. The summed E-state index contributed by atoms with van der Waals surface area (Å²) in [5.74, 6) is -0.812. The fourth-order valence-electron chi connectivity index (χ4n) is 2.44. The molecule has 0 aliphatic rings. The smallest absolute Gasteiger partial charge is 0.437 e. The summed E-state index contributed by atoms with van der Waals surface area (Å²) in [6.07, 6.45) is -4.67. The first-order valence-corrected chi connectivity index (χ1v) is 7.46. The van der Waals surface area contributed by atoms with E-state index in [0.717, 1.165) is 10.8 Å². The number of hydrogen-bond donors (Lipinski definition) is 0. The second-order valence-electron chi connectivity index (χ2n) is 5.16. The van der Waals surface area contributed by atoms with Gasteiger partial charge in [0.2, 0.25) is 5.88 Å². The van der Waals surface area contributed by atoms with Crippen LogP contribution in [0.5, 0.6) is 11.6 Å². The van der Waals surface area contributed by atoms with E-state index in [9.17, 15) is 13.2 Å². The predicted octanol–water partition coefficient (Wildman–Crippen LogP) is 4.74. The number of rotatable bonds is 2. The molecule has 0 atom stereocenters. The van der Waals surface area contributed by atoms with Crippen LogP contribution in [0, 0.1) is 0 Å². The summed E-state index contributed by atoms with van der Waals surface area (Å²) < 4.78 is 45.1. The molecule has 0 aliphatic carbocycles. The Morgan fingerprint density at radius 1 is 0.920 bits per heavy atom. The monoisotopic (exact) mass is 364 g/mol. The van der Waals surface area contributed by atoms with Crippen LogP contribution in [-0.4, -0.2) is 19.8 Å². The van der Waals surface area contributed by atoms with Gasteiger partial charge in [-0.15, -0.1) is 15.3 Å². The van der Waals surface area contributed by atoms with Gasteiger partial charge in [-0.05, 0) is 18.2 Å². The maximum absolute atomic E-state index is 12.9. The molecule has 0 aliphatic heterocycles. The van der Waals surface area contributed by atoms with Crippen LogP contribution in [0.15, 0.2) is 48.5 Å². The minimum atomic E-state index is -4.67. The third kappa shape index (κ3) is 2.74. The van der Waals surface area contributed by atoms with E-state index in [2.05, 4.69) is 15.3 Å². The first-order chi connectivity index (χ1) is 11.9. The lowest BCUT2D eigenvalue weighted by molar-refractivity contribution is -0.146. The van der Waals surface area contributed by atoms with Gasteiger partial charge >= 0.3 is 6.18 Å². The van der Waals surface area contributed by atoms with E-state index in [-0.39, 0.29) is 11.5 Å². The van der Waals surface area contributed by atoms with Crippen molar-refractivity contribution in [2.24, 2.45) is 0 Å². The molecule has 0 amide bonds. The number of aromatic nitrogens is 4. The summed E-state index contributed by atoms with van der Waals surface area (Å²) in [4.78, 5) is 0. The third-order valence-corrected chi connectivity index (χ3v) is 3.87. The standard InChI is InChI=1S/C16H8ClF3N4O/c17-11-5-6-12(10-4-2-1-3-9(10)11)25-14-8-7-13-21-22-15(16(18,19)20)24(13)23-14/h1-8H. The van der Waals surface area contributed by atoms with Gasteiger partial charge in [0, 0.05) is 21.9 Å². The highest BCUT2D eigenvalue weighted by Gasteiger charge is 2.37. The predicted molar refractivity (Wildman–Crippen MR) is 84.8 cm³/mol. The Morgan fingerprint density at radius 3 is 2.44 bits per heavy atom. The van der Waals surface area contributed by atoms with Gasteiger partial charge in [0.1, 0.15) is 5.75 Å². The first kappa shape index (κ1) is 15.6. The molecule has 0 bridgehead atoms. The van der Waals surface area contributed by atoms with Crippen molar-refractivity contribution in [3.8, 4) is 11.6 Å². The molecule has 4 rings (SSSR count). The van der Waals surface area contributed by atoms with Crippen LogP contribution in [0.1, 0.15) is 5.82 Å². The molecule has 126 valence electrons. The van der Waals surface area contributed by atoms with Crippen LogP contribution >= 0.6 is 11.6 Å². The van der Waals surface area contributed by atoms with Crippen LogP contribution in [-0.2, 0) is 6.18 Å². The Kier molecular flexibility index (Phi) is 3.50. The average molecular weight is 365 g/mol. The van der Waals surface area contributed by atoms with E-state index in [1.807, 2.05) is 18.2 Å². The Morgan fingerprint density at radius 2 is 1.68 bits per heavy atom. The topological polar surface area (TPSA) is 52.3 Å². The summed E-state index contributed by atoms with van der Waals surface area (Å²) >= 11 is 6.15. The number of ether oxygens (including phenoxy) is 1. The lowest BCUT2D eigenvalue weighted by Gasteiger charge is -2.10. The largest absolute Gasteiger partial charge is 0.453 e. The van der Waals surface area contributed by atoms with Crippen molar-refractivity contribution in [3.63, 3.8) is 0 Å². The van der Waals surface area contributed by atoms with Crippen molar-refractivity contribution in [2.75, 3.05) is 0 Å². The fourth-order valence-corrected chi connectivity index (χ4v) is 2.67. The minimum absolute atomic E-state index is 0.0229. The van der Waals surface area contributed by atoms with Crippen LogP contribution in [0.3, 0.4) is 0 Å². The summed E-state index contributed by atoms with van der Waals surface area (Å²) in [5, 5.41) is 12.5. The van der Waals surface area contributed by atoms with Crippen LogP contribution in [0.25, 0.3) is 16.4 Å². The van der Waals surface area contributed by atoms with E-state index in [0.29, 0.717) is 15.3 Å². The fraction of sp³-hybridized carbons (Fsp3) is 0.0625. The third-order valence-electron chi connectivity index (χ3n) is 3.54. The number of fused-ring (bicyclic) bond motifs is 2. The molecule has 25 heavy (non-hydrogen) atoms. The molecule has 9 heteroatoms. The van der Waals surface area contributed by atoms with Gasteiger partial charge in [-0.2, -0.15) is 17.7 Å². The maximum Gasteiger partial charge on any atom is 0.453 e. The van der Waals surface area contributed by atoms with Gasteiger partial charge in [-0.3, -0.25) is 0 Å². The SMILES string of the molecule is FC(F)(F)c1nnc2ccc(Oc3ccc(Cl)c4ccccc34)nn12. The quantitative estimate of drug-likeness (QED) is 0.515. The second kappa shape index (κ2) is 5.59. The minimum Gasteiger partial charge on any atom is -0.437 e. The lowest BCUT2D eigenvalue weighted by Crippen LogP contribution is -2.12. The second-order valence-corrected chi connectivity index (χ2v) is 5.56. The number of nitrogens with zero attached hydrogens (tertiary/aromatic N) is 4. The van der Waals surface area contributed by atoms with E-state index in [4.69, 9.17) is 16.3 Å².